The Morgan fingerprint density at radius 1 is 1.11 bits per heavy atom. The first-order valence-electron chi connectivity index (χ1n) is 11.2. The van der Waals surface area contributed by atoms with E-state index in [0.717, 1.165) is 28.3 Å². The number of fused-ring (bicyclic) bond motifs is 1. The summed E-state index contributed by atoms with van der Waals surface area (Å²) in [5, 5.41) is 12.7. The molecule has 1 heterocycles. The molecule has 4 rings (SSSR count). The summed E-state index contributed by atoms with van der Waals surface area (Å²) in [4.78, 5) is 16.0. The molecule has 1 atom stereocenters. The third-order valence-electron chi connectivity index (χ3n) is 5.67. The van der Waals surface area contributed by atoms with Gasteiger partial charge in [-0.2, -0.15) is 13.2 Å². The number of hydrogen-bond acceptors (Lipinski definition) is 5. The van der Waals surface area contributed by atoms with Crippen molar-refractivity contribution < 1.29 is 27.8 Å². The highest BCUT2D eigenvalue weighted by atomic mass is 32.2. The fourth-order valence-corrected chi connectivity index (χ4v) is 4.56. The third kappa shape index (κ3) is 5.74. The highest BCUT2D eigenvalue weighted by Crippen LogP contribution is 2.38. The fraction of sp³-hybridized carbons (Fsp3) is 0.269. The van der Waals surface area contributed by atoms with Crippen molar-refractivity contribution in [2.45, 2.75) is 24.0 Å². The van der Waals surface area contributed by atoms with Crippen LogP contribution in [0.2, 0.25) is 0 Å². The van der Waals surface area contributed by atoms with Crippen LogP contribution in [-0.4, -0.2) is 36.5 Å². The molecular formula is C26H25F3N2O3S. The van der Waals surface area contributed by atoms with E-state index < -0.39 is 17.8 Å². The summed E-state index contributed by atoms with van der Waals surface area (Å²) in [5.41, 5.74) is 1.57. The summed E-state index contributed by atoms with van der Waals surface area (Å²) in [6.45, 7) is 2.58. The normalized spacial score (nSPS) is 14.1. The van der Waals surface area contributed by atoms with Crippen molar-refractivity contribution >= 4 is 29.0 Å². The molecular weight excluding hydrogens is 477 g/mol. The van der Waals surface area contributed by atoms with Crippen LogP contribution in [0.25, 0.3) is 0 Å². The van der Waals surface area contributed by atoms with Gasteiger partial charge in [0.1, 0.15) is 12.4 Å². The molecule has 184 valence electrons. The van der Waals surface area contributed by atoms with Gasteiger partial charge in [-0.05, 0) is 65.9 Å². The van der Waals surface area contributed by atoms with Crippen LogP contribution >= 0.6 is 11.8 Å². The Morgan fingerprint density at radius 2 is 1.83 bits per heavy atom. The molecule has 0 spiro atoms. The summed E-state index contributed by atoms with van der Waals surface area (Å²) < 4.78 is 44.6. The maximum atomic E-state index is 13.0. The largest absolute Gasteiger partial charge is 0.490 e. The molecule has 0 saturated heterocycles. The average Bonchev–Trinajstić information content (AvgIpc) is 2.87. The number of benzene rings is 3. The van der Waals surface area contributed by atoms with Gasteiger partial charge < -0.3 is 20.1 Å². The molecule has 9 heteroatoms. The zero-order valence-electron chi connectivity index (χ0n) is 19.0. The van der Waals surface area contributed by atoms with Crippen LogP contribution in [0, 0.1) is 0 Å². The van der Waals surface area contributed by atoms with Crippen molar-refractivity contribution in [1.82, 2.24) is 5.32 Å². The smallest absolute Gasteiger partial charge is 0.416 e. The van der Waals surface area contributed by atoms with Crippen molar-refractivity contribution in [2.24, 2.45) is 0 Å². The number of ether oxygens (including phenoxy) is 1. The molecule has 3 aromatic rings. The minimum atomic E-state index is -4.41. The second kappa shape index (κ2) is 10.6. The maximum Gasteiger partial charge on any atom is 0.416 e. The molecule has 1 aliphatic heterocycles. The topological polar surface area (TPSA) is 61.8 Å². The summed E-state index contributed by atoms with van der Waals surface area (Å²) in [5.74, 6) is 1.11. The molecule has 5 nitrogen and oxygen atoms in total. The quantitative estimate of drug-likeness (QED) is 0.399. The van der Waals surface area contributed by atoms with Crippen molar-refractivity contribution in [3.8, 4) is 5.75 Å². The van der Waals surface area contributed by atoms with Crippen LogP contribution in [0.4, 0.5) is 24.5 Å². The van der Waals surface area contributed by atoms with Gasteiger partial charge in [0, 0.05) is 16.1 Å². The van der Waals surface area contributed by atoms with Crippen LogP contribution in [0.3, 0.4) is 0 Å². The van der Waals surface area contributed by atoms with Crippen LogP contribution in [0.1, 0.15) is 34.5 Å². The molecule has 3 aromatic carbocycles. The number of alkyl halides is 3. The first-order valence-corrected chi connectivity index (χ1v) is 12.1. The lowest BCUT2D eigenvalue weighted by Crippen LogP contribution is -2.32. The van der Waals surface area contributed by atoms with Gasteiger partial charge in [-0.25, -0.2) is 0 Å². The van der Waals surface area contributed by atoms with Crippen molar-refractivity contribution in [3.63, 3.8) is 0 Å². The predicted octanol–water partition coefficient (Wildman–Crippen LogP) is 5.81. The Labute approximate surface area is 205 Å². The zero-order chi connectivity index (χ0) is 25.0. The number of aliphatic hydroxyl groups is 1. The lowest BCUT2D eigenvalue weighted by Gasteiger charge is -2.32. The highest BCUT2D eigenvalue weighted by molar-refractivity contribution is 7.99. The first-order chi connectivity index (χ1) is 16.8. The summed E-state index contributed by atoms with van der Waals surface area (Å²) >= 11 is 1.71. The number of nitrogens with zero attached hydrogens (tertiary/aromatic N) is 1. The lowest BCUT2D eigenvalue weighted by atomic mass is 10.1. The number of aliphatic hydroxyl groups excluding tert-OH is 1. The molecule has 35 heavy (non-hydrogen) atoms. The number of anilines is 2. The van der Waals surface area contributed by atoms with E-state index in [0.29, 0.717) is 35.8 Å². The number of carbonyl (C=O) groups is 1. The van der Waals surface area contributed by atoms with Crippen molar-refractivity contribution in [3.05, 3.63) is 83.4 Å². The van der Waals surface area contributed by atoms with E-state index in [1.807, 2.05) is 29.2 Å². The number of carbonyl (C=O) groups excluding carboxylic acids is 1. The molecule has 0 aromatic heterocycles. The van der Waals surface area contributed by atoms with Gasteiger partial charge in [0.15, 0.2) is 0 Å². The Kier molecular flexibility index (Phi) is 7.57. The van der Waals surface area contributed by atoms with Crippen LogP contribution in [0.15, 0.2) is 71.6 Å². The average molecular weight is 503 g/mol. The SMILES string of the molecule is CCSc1ccc(C(CO)NC(=O)c2ccc3c(c2)N(c2ccc(C(F)(F)F)cc2)CCO3)cc1. The van der Waals surface area contributed by atoms with E-state index >= 15 is 0 Å². The lowest BCUT2D eigenvalue weighted by molar-refractivity contribution is -0.137. The van der Waals surface area contributed by atoms with E-state index in [2.05, 4.69) is 12.2 Å². The number of nitrogens with one attached hydrogen (secondary N) is 1. The number of amides is 1. The van der Waals surface area contributed by atoms with Gasteiger partial charge in [-0.15, -0.1) is 11.8 Å². The third-order valence-corrected chi connectivity index (χ3v) is 6.57. The molecule has 1 amide bonds. The van der Waals surface area contributed by atoms with Gasteiger partial charge in [-0.1, -0.05) is 19.1 Å². The van der Waals surface area contributed by atoms with Crippen LogP contribution in [-0.2, 0) is 6.18 Å². The van der Waals surface area contributed by atoms with Crippen molar-refractivity contribution in [2.75, 3.05) is 30.4 Å². The zero-order valence-corrected chi connectivity index (χ0v) is 19.8. The molecule has 1 aliphatic rings. The monoisotopic (exact) mass is 502 g/mol. The summed E-state index contributed by atoms with van der Waals surface area (Å²) in [6, 6.07) is 16.9. The second-order valence-electron chi connectivity index (χ2n) is 7.94. The first kappa shape index (κ1) is 24.9. The molecule has 1 unspecified atom stereocenters. The Morgan fingerprint density at radius 3 is 2.46 bits per heavy atom. The van der Waals surface area contributed by atoms with E-state index in [9.17, 15) is 23.1 Å². The van der Waals surface area contributed by atoms with E-state index in [1.165, 1.54) is 12.1 Å². The number of hydrogen-bond donors (Lipinski definition) is 2. The highest BCUT2D eigenvalue weighted by Gasteiger charge is 2.30. The number of rotatable bonds is 7. The van der Waals surface area contributed by atoms with E-state index in [-0.39, 0.29) is 12.5 Å². The van der Waals surface area contributed by atoms with Crippen molar-refractivity contribution in [1.29, 1.82) is 0 Å². The summed E-state index contributed by atoms with van der Waals surface area (Å²) in [7, 11) is 0. The minimum absolute atomic E-state index is 0.266. The molecule has 0 aliphatic carbocycles. The van der Waals surface area contributed by atoms with Gasteiger partial charge in [0.05, 0.1) is 30.4 Å². The van der Waals surface area contributed by atoms with Gasteiger partial charge in [-0.3, -0.25) is 4.79 Å². The van der Waals surface area contributed by atoms with Gasteiger partial charge in [0.2, 0.25) is 0 Å². The molecule has 0 fully saturated rings. The fourth-order valence-electron chi connectivity index (χ4n) is 3.90. The minimum Gasteiger partial charge on any atom is -0.490 e. The van der Waals surface area contributed by atoms with E-state index in [1.54, 1.807) is 30.0 Å². The molecule has 0 saturated carbocycles. The van der Waals surface area contributed by atoms with Gasteiger partial charge in [0.25, 0.3) is 5.91 Å². The van der Waals surface area contributed by atoms with Gasteiger partial charge >= 0.3 is 6.18 Å². The molecule has 0 radical (unpaired) electrons. The van der Waals surface area contributed by atoms with E-state index in [4.69, 9.17) is 4.74 Å². The van der Waals surface area contributed by atoms with Crippen LogP contribution < -0.4 is 15.0 Å². The molecule has 0 bridgehead atoms. The number of thioether (sulfide) groups is 1. The Bertz CT molecular complexity index is 1170. The summed E-state index contributed by atoms with van der Waals surface area (Å²) in [6.07, 6.45) is -4.41. The Balaban J connectivity index is 1.55. The number of halogens is 3. The Hall–Kier alpha value is -3.17. The second-order valence-corrected chi connectivity index (χ2v) is 9.28. The predicted molar refractivity (Wildman–Crippen MR) is 131 cm³/mol. The standard InChI is InChI=1S/C26H25F3N2O3S/c1-2-35-21-10-3-17(4-11-21)22(16-32)30-25(33)18-5-12-24-23(15-18)31(13-14-34-24)20-8-6-19(7-9-20)26(27,28)29/h3-12,15,22,32H,2,13-14,16H2,1H3,(H,30,33). The molecule has 2 N–H and O–H groups in total. The maximum absolute atomic E-state index is 13.0. The van der Waals surface area contributed by atoms with Crippen LogP contribution in [0.5, 0.6) is 5.75 Å².